The summed E-state index contributed by atoms with van der Waals surface area (Å²) in [7, 11) is 7.79. The summed E-state index contributed by atoms with van der Waals surface area (Å²) in [6.45, 7) is 1.95. The molecule has 0 saturated carbocycles. The number of aromatic carboxylic acids is 1. The number of carboxylic acids is 1. The Morgan fingerprint density at radius 3 is 2.36 bits per heavy atom. The van der Waals surface area contributed by atoms with Gasteiger partial charge in [0.1, 0.15) is 31.2 Å². The number of amides is 2. The minimum atomic E-state index is -1.14. The molecule has 1 aliphatic carbocycles. The molecular formula is C43H49N6O6+. The Labute approximate surface area is 319 Å². The zero-order chi connectivity index (χ0) is 39.2. The van der Waals surface area contributed by atoms with Crippen molar-refractivity contribution in [3.63, 3.8) is 0 Å². The largest absolute Gasteiger partial charge is 0.508 e. The van der Waals surface area contributed by atoms with Crippen LogP contribution in [0.15, 0.2) is 83.4 Å². The maximum Gasteiger partial charge on any atom is 0.336 e. The average molecular weight is 746 g/mol. The van der Waals surface area contributed by atoms with E-state index < -0.39 is 5.97 Å². The van der Waals surface area contributed by atoms with Crippen molar-refractivity contribution in [1.82, 2.24) is 19.8 Å². The summed E-state index contributed by atoms with van der Waals surface area (Å²) in [5.41, 5.74) is 11.6. The van der Waals surface area contributed by atoms with Gasteiger partial charge in [-0.3, -0.25) is 9.59 Å². The van der Waals surface area contributed by atoms with Crippen molar-refractivity contribution in [3.8, 4) is 28.2 Å². The SMILES string of the molecule is CN(C)c1ccc2c(-c3ccc(C(=O)NCCCCCNC(=O)CCn4cc(CCN)c5cc(O)ccc54)cc3C(=O)O)c3ccc(=[N+](C)C)cc-3oc2c1. The molecule has 0 bridgehead atoms. The number of aryl methyl sites for hydroxylation is 1. The number of carbonyl (C=O) groups excluding carboxylic acids is 2. The Kier molecular flexibility index (Phi) is 11.9. The van der Waals surface area contributed by atoms with E-state index in [9.17, 15) is 24.6 Å². The molecular weight excluding hydrogens is 697 g/mol. The van der Waals surface area contributed by atoms with Gasteiger partial charge in [-0.25, -0.2) is 9.37 Å². The molecule has 2 aliphatic rings. The molecule has 6 rings (SSSR count). The molecule has 1 aliphatic heterocycles. The molecule has 3 aromatic carbocycles. The third-order valence-electron chi connectivity index (χ3n) is 9.91. The maximum atomic E-state index is 13.2. The van der Waals surface area contributed by atoms with Crippen molar-refractivity contribution in [2.75, 3.05) is 52.7 Å². The Bertz CT molecular complexity index is 2420. The van der Waals surface area contributed by atoms with E-state index in [0.29, 0.717) is 62.3 Å². The number of hydrogen-bond acceptors (Lipinski definition) is 7. The predicted molar refractivity (Wildman–Crippen MR) is 217 cm³/mol. The Hall–Kier alpha value is -6.14. The molecule has 286 valence electrons. The molecule has 0 spiro atoms. The molecule has 12 heteroatoms. The van der Waals surface area contributed by atoms with Crippen LogP contribution in [0.1, 0.15) is 52.0 Å². The van der Waals surface area contributed by atoms with E-state index in [1.807, 2.05) is 90.9 Å². The number of nitrogens with zero attached hydrogens (tertiary/aromatic N) is 3. The van der Waals surface area contributed by atoms with E-state index in [2.05, 4.69) is 10.6 Å². The van der Waals surface area contributed by atoms with Crippen LogP contribution in [0.5, 0.6) is 5.75 Å². The van der Waals surface area contributed by atoms with Gasteiger partial charge in [-0.2, -0.15) is 0 Å². The number of nitrogens with two attached hydrogens (primary N) is 1. The van der Waals surface area contributed by atoms with Crippen LogP contribution in [0, 0.1) is 0 Å². The number of phenolic OH excluding ortho intramolecular Hbond substituents is 1. The van der Waals surface area contributed by atoms with Gasteiger partial charge in [-0.15, -0.1) is 0 Å². The van der Waals surface area contributed by atoms with E-state index in [1.54, 1.807) is 24.3 Å². The van der Waals surface area contributed by atoms with Gasteiger partial charge in [-0.05, 0) is 91.9 Å². The molecule has 55 heavy (non-hydrogen) atoms. The quantitative estimate of drug-likeness (QED) is 0.0539. The molecule has 2 amide bonds. The number of hydrogen-bond donors (Lipinski definition) is 5. The summed E-state index contributed by atoms with van der Waals surface area (Å²) in [5.74, 6) is -0.721. The molecule has 0 unspecified atom stereocenters. The normalized spacial score (nSPS) is 11.3. The van der Waals surface area contributed by atoms with Crippen molar-refractivity contribution in [2.24, 2.45) is 5.73 Å². The highest BCUT2D eigenvalue weighted by Crippen LogP contribution is 2.42. The monoisotopic (exact) mass is 745 g/mol. The van der Waals surface area contributed by atoms with Gasteiger partial charge < -0.3 is 40.5 Å². The van der Waals surface area contributed by atoms with Crippen molar-refractivity contribution >= 4 is 45.3 Å². The summed E-state index contributed by atoms with van der Waals surface area (Å²) >= 11 is 0. The van der Waals surface area contributed by atoms with Crippen molar-refractivity contribution in [2.45, 2.75) is 38.6 Å². The molecule has 6 N–H and O–H groups in total. The van der Waals surface area contributed by atoms with Gasteiger partial charge in [-0.1, -0.05) is 6.07 Å². The van der Waals surface area contributed by atoms with Crippen LogP contribution in [-0.2, 0) is 17.8 Å². The van der Waals surface area contributed by atoms with Crippen LogP contribution in [0.25, 0.3) is 44.3 Å². The van der Waals surface area contributed by atoms with Gasteiger partial charge in [0.15, 0.2) is 0 Å². The van der Waals surface area contributed by atoms with Crippen LogP contribution in [-0.4, -0.2) is 80.4 Å². The Balaban J connectivity index is 1.06. The van der Waals surface area contributed by atoms with Crippen LogP contribution < -0.4 is 31.2 Å². The lowest BCUT2D eigenvalue weighted by Gasteiger charge is -2.19. The third kappa shape index (κ3) is 8.65. The maximum absolute atomic E-state index is 13.2. The number of rotatable bonds is 15. The zero-order valence-electron chi connectivity index (χ0n) is 31.8. The number of unbranched alkanes of at least 4 members (excludes halogenated alkanes) is 2. The fourth-order valence-corrected chi connectivity index (χ4v) is 6.96. The standard InChI is InChI=1S/C43H48N6O6/c1-47(2)29-9-13-33-38(23-29)55-39-24-30(48(3)4)10-14-34(39)41(33)32-12-8-27(22-36(32)43(53)54)42(52)46-20-7-5-6-19-45-40(51)17-21-49-26-28(16-18-44)35-25-31(50)11-15-37(35)49/h8-15,22-26H,5-7,16-21,44H2,1-4H3,(H3-,45,46,50,51,52,53,54)/p+1. The lowest BCUT2D eigenvalue weighted by Crippen LogP contribution is -2.26. The average Bonchev–Trinajstić information content (AvgIpc) is 3.50. The fraction of sp³-hybridized carbons (Fsp3) is 0.302. The summed E-state index contributed by atoms with van der Waals surface area (Å²) in [6, 6.07) is 21.7. The van der Waals surface area contributed by atoms with Crippen LogP contribution in [0.2, 0.25) is 0 Å². The van der Waals surface area contributed by atoms with Crippen LogP contribution >= 0.6 is 0 Å². The molecule has 0 atom stereocenters. The van der Waals surface area contributed by atoms with E-state index >= 15 is 0 Å². The summed E-state index contributed by atoms with van der Waals surface area (Å²) in [5, 5.41) is 28.9. The molecule has 0 fully saturated rings. The van der Waals surface area contributed by atoms with Crippen molar-refractivity contribution in [3.05, 3.63) is 101 Å². The van der Waals surface area contributed by atoms with E-state index in [1.165, 1.54) is 6.07 Å². The highest BCUT2D eigenvalue weighted by molar-refractivity contribution is 6.09. The van der Waals surface area contributed by atoms with Gasteiger partial charge in [0.05, 0.1) is 11.6 Å². The fourth-order valence-electron chi connectivity index (χ4n) is 6.96. The van der Waals surface area contributed by atoms with Crippen molar-refractivity contribution < 1.29 is 29.0 Å². The number of carbonyl (C=O) groups is 3. The molecule has 0 saturated heterocycles. The van der Waals surface area contributed by atoms with E-state index in [-0.39, 0.29) is 28.7 Å². The first-order valence-electron chi connectivity index (χ1n) is 18.6. The lowest BCUT2D eigenvalue weighted by molar-refractivity contribution is -0.121. The molecule has 12 nitrogen and oxygen atoms in total. The zero-order valence-corrected chi connectivity index (χ0v) is 31.8. The minimum Gasteiger partial charge on any atom is -0.508 e. The van der Waals surface area contributed by atoms with Gasteiger partial charge in [0, 0.05) is 97.1 Å². The number of aromatic nitrogens is 1. The number of benzene rings is 4. The van der Waals surface area contributed by atoms with Crippen LogP contribution in [0.4, 0.5) is 5.69 Å². The summed E-state index contributed by atoms with van der Waals surface area (Å²) in [4.78, 5) is 40.5. The second-order valence-electron chi connectivity index (χ2n) is 14.2. The van der Waals surface area contributed by atoms with E-state index in [4.69, 9.17) is 10.2 Å². The first-order valence-corrected chi connectivity index (χ1v) is 18.6. The Morgan fingerprint density at radius 1 is 0.873 bits per heavy atom. The second kappa shape index (κ2) is 16.9. The van der Waals surface area contributed by atoms with Gasteiger partial charge in [0.2, 0.25) is 11.3 Å². The predicted octanol–water partition coefficient (Wildman–Crippen LogP) is 5.27. The second-order valence-corrected chi connectivity index (χ2v) is 14.2. The number of aromatic hydroxyl groups is 1. The van der Waals surface area contributed by atoms with Crippen molar-refractivity contribution in [1.29, 1.82) is 0 Å². The minimum absolute atomic E-state index is 0.0193. The Morgan fingerprint density at radius 2 is 1.64 bits per heavy atom. The molecule has 0 radical (unpaired) electrons. The third-order valence-corrected chi connectivity index (χ3v) is 9.91. The number of anilines is 1. The highest BCUT2D eigenvalue weighted by atomic mass is 16.4. The van der Waals surface area contributed by atoms with Crippen LogP contribution in [0.3, 0.4) is 0 Å². The number of fused-ring (bicyclic) bond motifs is 3. The first kappa shape index (κ1) is 38.6. The first-order chi connectivity index (χ1) is 26.4. The van der Waals surface area contributed by atoms with Gasteiger partial charge >= 0.3 is 5.97 Å². The topological polar surface area (TPSA) is 166 Å². The highest BCUT2D eigenvalue weighted by Gasteiger charge is 2.24. The summed E-state index contributed by atoms with van der Waals surface area (Å²) in [6.07, 6.45) is 5.25. The lowest BCUT2D eigenvalue weighted by atomic mass is 9.89. The molecule has 4 aromatic rings. The molecule has 2 heterocycles. The van der Waals surface area contributed by atoms with Gasteiger partial charge in [0.25, 0.3) is 5.91 Å². The number of nitrogens with one attached hydrogen (secondary N) is 2. The molecule has 1 aromatic heterocycles. The van der Waals surface area contributed by atoms with E-state index in [0.717, 1.165) is 56.9 Å². The summed E-state index contributed by atoms with van der Waals surface area (Å²) < 4.78 is 10.4. The number of carboxylic acid groups (broad SMARTS) is 1. The number of phenols is 1. The smallest absolute Gasteiger partial charge is 0.336 e.